The molecular formula is C26H23F3N2O4S. The maximum absolute atomic E-state index is 13.3. The lowest BCUT2D eigenvalue weighted by molar-refractivity contribution is -0.137. The quantitative estimate of drug-likeness (QED) is 0.440. The second-order valence-electron chi connectivity index (χ2n) is 8.00. The van der Waals surface area contributed by atoms with Gasteiger partial charge in [0.25, 0.3) is 0 Å². The summed E-state index contributed by atoms with van der Waals surface area (Å²) >= 11 is 1.51. The molecule has 2 amide bonds. The summed E-state index contributed by atoms with van der Waals surface area (Å²) in [7, 11) is 3.09. The summed E-state index contributed by atoms with van der Waals surface area (Å²) in [6, 6.07) is 16.9. The summed E-state index contributed by atoms with van der Waals surface area (Å²) in [5.41, 5.74) is 0.867. The van der Waals surface area contributed by atoms with E-state index in [4.69, 9.17) is 9.47 Å². The summed E-state index contributed by atoms with van der Waals surface area (Å²) < 4.78 is 49.1. The number of amides is 2. The molecule has 1 aliphatic rings. The van der Waals surface area contributed by atoms with E-state index in [1.807, 2.05) is 24.3 Å². The van der Waals surface area contributed by atoms with Crippen molar-refractivity contribution >= 4 is 35.0 Å². The first-order chi connectivity index (χ1) is 17.2. The van der Waals surface area contributed by atoms with E-state index in [9.17, 15) is 22.8 Å². The van der Waals surface area contributed by atoms with Gasteiger partial charge in [0.1, 0.15) is 6.54 Å². The first-order valence-electron chi connectivity index (χ1n) is 10.9. The maximum atomic E-state index is 13.3. The summed E-state index contributed by atoms with van der Waals surface area (Å²) in [6.45, 7) is -0.282. The number of para-hydroxylation sites is 1. The lowest BCUT2D eigenvalue weighted by atomic mass is 10.1. The fourth-order valence-electron chi connectivity index (χ4n) is 3.88. The molecule has 0 saturated heterocycles. The fraction of sp³-hybridized carbons (Fsp3) is 0.231. The van der Waals surface area contributed by atoms with Crippen LogP contribution in [0.1, 0.15) is 22.8 Å². The Kier molecular flexibility index (Phi) is 7.44. The second-order valence-corrected chi connectivity index (χ2v) is 9.24. The molecule has 0 unspecified atom stereocenters. The molecule has 3 aromatic rings. The Bertz CT molecular complexity index is 1260. The Balaban J connectivity index is 1.55. The monoisotopic (exact) mass is 516 g/mol. The van der Waals surface area contributed by atoms with Gasteiger partial charge >= 0.3 is 6.18 Å². The van der Waals surface area contributed by atoms with Gasteiger partial charge in [-0.1, -0.05) is 18.2 Å². The second kappa shape index (κ2) is 10.5. The molecule has 0 saturated carbocycles. The number of nitrogens with zero attached hydrogens (tertiary/aromatic N) is 1. The van der Waals surface area contributed by atoms with Crippen LogP contribution in [0.5, 0.6) is 11.5 Å². The van der Waals surface area contributed by atoms with Gasteiger partial charge in [-0.3, -0.25) is 9.59 Å². The molecule has 0 aliphatic carbocycles. The first-order valence-corrected chi connectivity index (χ1v) is 11.8. The van der Waals surface area contributed by atoms with Crippen molar-refractivity contribution in [3.8, 4) is 11.5 Å². The van der Waals surface area contributed by atoms with Crippen LogP contribution >= 0.6 is 11.8 Å². The Morgan fingerprint density at radius 3 is 2.39 bits per heavy atom. The molecule has 188 valence electrons. The molecule has 1 atom stereocenters. The third-order valence-electron chi connectivity index (χ3n) is 5.66. The van der Waals surface area contributed by atoms with Gasteiger partial charge < -0.3 is 19.7 Å². The average Bonchev–Trinajstić information content (AvgIpc) is 2.99. The van der Waals surface area contributed by atoms with E-state index >= 15 is 0 Å². The average molecular weight is 517 g/mol. The fourth-order valence-corrected chi connectivity index (χ4v) is 5.15. The summed E-state index contributed by atoms with van der Waals surface area (Å²) in [5, 5.41) is 2.34. The van der Waals surface area contributed by atoms with E-state index in [1.165, 1.54) is 28.8 Å². The van der Waals surface area contributed by atoms with Gasteiger partial charge in [0, 0.05) is 22.3 Å². The number of fused-ring (bicyclic) bond motifs is 1. The van der Waals surface area contributed by atoms with Crippen LogP contribution in [0, 0.1) is 0 Å². The van der Waals surface area contributed by atoms with Crippen LogP contribution in [0.25, 0.3) is 0 Å². The van der Waals surface area contributed by atoms with E-state index in [1.54, 1.807) is 32.4 Å². The van der Waals surface area contributed by atoms with Gasteiger partial charge in [0.2, 0.25) is 11.8 Å². The standard InChI is InChI=1S/C26H23F3N2O4S/c1-34-20-12-7-16(13-21(20)35-2)23-14-25(33)31(19-5-3-4-6-22(19)36-23)15-24(32)30-18-10-8-17(9-11-18)26(27,28)29/h3-13,23H,14-15H2,1-2H3,(H,30,32)/t23-/m0/s1. The number of hydrogen-bond acceptors (Lipinski definition) is 5. The van der Waals surface area contributed by atoms with E-state index in [0.717, 1.165) is 22.6 Å². The highest BCUT2D eigenvalue weighted by molar-refractivity contribution is 7.99. The molecule has 10 heteroatoms. The van der Waals surface area contributed by atoms with Gasteiger partial charge in [-0.15, -0.1) is 11.8 Å². The molecule has 0 radical (unpaired) electrons. The summed E-state index contributed by atoms with van der Waals surface area (Å²) in [5.74, 6) is 0.351. The maximum Gasteiger partial charge on any atom is 0.416 e. The third kappa shape index (κ3) is 5.59. The zero-order chi connectivity index (χ0) is 25.9. The molecule has 1 heterocycles. The largest absolute Gasteiger partial charge is 0.493 e. The van der Waals surface area contributed by atoms with E-state index in [-0.39, 0.29) is 29.8 Å². The SMILES string of the molecule is COc1ccc([C@@H]2CC(=O)N(CC(=O)Nc3ccc(C(F)(F)F)cc3)c3ccccc3S2)cc1OC. The molecule has 0 fully saturated rings. The highest BCUT2D eigenvalue weighted by Crippen LogP contribution is 2.46. The molecule has 36 heavy (non-hydrogen) atoms. The van der Waals surface area contributed by atoms with Crippen LogP contribution in [-0.4, -0.2) is 32.6 Å². The Hall–Kier alpha value is -3.66. The highest BCUT2D eigenvalue weighted by Gasteiger charge is 2.32. The molecule has 6 nitrogen and oxygen atoms in total. The number of carbonyl (C=O) groups is 2. The Morgan fingerprint density at radius 2 is 1.72 bits per heavy atom. The number of methoxy groups -OCH3 is 2. The van der Waals surface area contributed by atoms with Gasteiger partial charge in [0.05, 0.1) is 25.5 Å². The summed E-state index contributed by atoms with van der Waals surface area (Å²) in [6.07, 6.45) is -4.34. The normalized spacial score (nSPS) is 15.6. The predicted octanol–water partition coefficient (Wildman–Crippen LogP) is 5.93. The lowest BCUT2D eigenvalue weighted by Crippen LogP contribution is -2.38. The number of thioether (sulfide) groups is 1. The number of carbonyl (C=O) groups excluding carboxylic acids is 2. The number of ether oxygens (including phenoxy) is 2. The molecule has 0 aromatic heterocycles. The van der Waals surface area contributed by atoms with Gasteiger partial charge in [-0.25, -0.2) is 0 Å². The van der Waals surface area contributed by atoms with Crippen molar-refractivity contribution in [2.24, 2.45) is 0 Å². The zero-order valence-electron chi connectivity index (χ0n) is 19.5. The van der Waals surface area contributed by atoms with Crippen molar-refractivity contribution in [2.45, 2.75) is 22.7 Å². The number of rotatable bonds is 6. The van der Waals surface area contributed by atoms with Crippen LogP contribution in [0.2, 0.25) is 0 Å². The topological polar surface area (TPSA) is 67.9 Å². The van der Waals surface area contributed by atoms with Crippen molar-refractivity contribution in [3.05, 3.63) is 77.9 Å². The predicted molar refractivity (Wildman–Crippen MR) is 132 cm³/mol. The van der Waals surface area contributed by atoms with Crippen LogP contribution in [-0.2, 0) is 15.8 Å². The number of nitrogens with one attached hydrogen (secondary N) is 1. The van der Waals surface area contributed by atoms with Crippen LogP contribution in [0.4, 0.5) is 24.5 Å². The van der Waals surface area contributed by atoms with Crippen molar-refractivity contribution < 1.29 is 32.2 Å². The number of benzene rings is 3. The van der Waals surface area contributed by atoms with E-state index in [0.29, 0.717) is 17.2 Å². The van der Waals surface area contributed by atoms with Gasteiger partial charge in [-0.2, -0.15) is 13.2 Å². The number of hydrogen-bond donors (Lipinski definition) is 1. The Labute approximate surface area is 210 Å². The van der Waals surface area contributed by atoms with Crippen molar-refractivity contribution in [1.82, 2.24) is 0 Å². The van der Waals surface area contributed by atoms with Gasteiger partial charge in [0.15, 0.2) is 11.5 Å². The minimum atomic E-state index is -4.47. The molecule has 1 N–H and O–H groups in total. The van der Waals surface area contributed by atoms with Crippen molar-refractivity contribution in [3.63, 3.8) is 0 Å². The molecule has 0 spiro atoms. The lowest BCUT2D eigenvalue weighted by Gasteiger charge is -2.22. The molecular weight excluding hydrogens is 493 g/mol. The molecule has 0 bridgehead atoms. The van der Waals surface area contributed by atoms with E-state index in [2.05, 4.69) is 5.32 Å². The molecule has 1 aliphatic heterocycles. The minimum absolute atomic E-state index is 0.127. The summed E-state index contributed by atoms with van der Waals surface area (Å²) in [4.78, 5) is 28.3. The molecule has 3 aromatic carbocycles. The number of anilines is 2. The van der Waals surface area contributed by atoms with Crippen LogP contribution in [0.15, 0.2) is 71.6 Å². The number of alkyl halides is 3. The number of halogens is 3. The zero-order valence-corrected chi connectivity index (χ0v) is 20.3. The minimum Gasteiger partial charge on any atom is -0.493 e. The van der Waals surface area contributed by atoms with Crippen LogP contribution in [0.3, 0.4) is 0 Å². The van der Waals surface area contributed by atoms with Crippen molar-refractivity contribution in [2.75, 3.05) is 31.0 Å². The first kappa shape index (κ1) is 25.4. The third-order valence-corrected chi connectivity index (χ3v) is 6.99. The van der Waals surface area contributed by atoms with Crippen LogP contribution < -0.4 is 19.7 Å². The molecule has 4 rings (SSSR count). The smallest absolute Gasteiger partial charge is 0.416 e. The Morgan fingerprint density at radius 1 is 1.03 bits per heavy atom. The van der Waals surface area contributed by atoms with Gasteiger partial charge in [-0.05, 0) is 54.1 Å². The highest BCUT2D eigenvalue weighted by atomic mass is 32.2. The van der Waals surface area contributed by atoms with Crippen molar-refractivity contribution in [1.29, 1.82) is 0 Å². The van der Waals surface area contributed by atoms with E-state index < -0.39 is 17.6 Å².